The van der Waals surface area contributed by atoms with Crippen LogP contribution in [-0.2, 0) is 14.4 Å². The van der Waals surface area contributed by atoms with Crippen LogP contribution in [0.3, 0.4) is 0 Å². The Morgan fingerprint density at radius 3 is 2.18 bits per heavy atom. The molecule has 0 aromatic carbocycles. The third-order valence-corrected chi connectivity index (χ3v) is 3.95. The third-order valence-electron chi connectivity index (χ3n) is 3.95. The molecule has 0 spiro atoms. The van der Waals surface area contributed by atoms with Gasteiger partial charge in [0.2, 0.25) is 11.8 Å². The number of aliphatic carboxylic acids is 1. The maximum atomic E-state index is 12.0. The molecule has 2 amide bonds. The lowest BCUT2D eigenvalue weighted by Crippen LogP contribution is -2.45. The molecule has 1 aliphatic carbocycles. The molecule has 3 N–H and O–H groups in total. The highest BCUT2D eigenvalue weighted by Gasteiger charge is 2.25. The fourth-order valence-corrected chi connectivity index (χ4v) is 2.82. The fraction of sp³-hybridized carbons (Fsp3) is 0.812. The van der Waals surface area contributed by atoms with Crippen molar-refractivity contribution in [2.75, 3.05) is 0 Å². The summed E-state index contributed by atoms with van der Waals surface area (Å²) in [6, 6.07) is -1.16. The van der Waals surface area contributed by atoms with E-state index >= 15 is 0 Å². The zero-order chi connectivity index (χ0) is 16.7. The van der Waals surface area contributed by atoms with Crippen LogP contribution < -0.4 is 10.6 Å². The predicted octanol–water partition coefficient (Wildman–Crippen LogP) is 1.69. The van der Waals surface area contributed by atoms with Crippen LogP contribution in [-0.4, -0.2) is 35.0 Å². The summed E-state index contributed by atoms with van der Waals surface area (Å²) in [4.78, 5) is 35.0. The SMILES string of the molecule is CC(C)C[C@H](NC(=O)CC(C)NC(=O)C1CCCC1)C(=O)O. The Balaban J connectivity index is 2.38. The minimum absolute atomic E-state index is 0.00904. The molecule has 0 bridgehead atoms. The van der Waals surface area contributed by atoms with E-state index in [0.29, 0.717) is 6.42 Å². The highest BCUT2D eigenvalue weighted by atomic mass is 16.4. The lowest BCUT2D eigenvalue weighted by Gasteiger charge is -2.19. The van der Waals surface area contributed by atoms with Crippen molar-refractivity contribution in [2.24, 2.45) is 11.8 Å². The number of nitrogens with one attached hydrogen (secondary N) is 2. The van der Waals surface area contributed by atoms with Gasteiger partial charge in [-0.15, -0.1) is 0 Å². The molecule has 0 aromatic heterocycles. The second-order valence-corrected chi connectivity index (χ2v) is 6.68. The molecule has 0 saturated heterocycles. The molecule has 1 unspecified atom stereocenters. The maximum absolute atomic E-state index is 12.0. The highest BCUT2D eigenvalue weighted by Crippen LogP contribution is 2.24. The summed E-state index contributed by atoms with van der Waals surface area (Å²) in [5.74, 6) is -1.11. The van der Waals surface area contributed by atoms with Crippen LogP contribution in [0, 0.1) is 11.8 Å². The molecule has 6 nitrogen and oxygen atoms in total. The summed E-state index contributed by atoms with van der Waals surface area (Å²) < 4.78 is 0. The molecule has 0 aromatic rings. The second-order valence-electron chi connectivity index (χ2n) is 6.68. The number of carbonyl (C=O) groups excluding carboxylic acids is 2. The van der Waals surface area contributed by atoms with Gasteiger partial charge in [0.15, 0.2) is 0 Å². The van der Waals surface area contributed by atoms with E-state index in [1.54, 1.807) is 6.92 Å². The normalized spacial score (nSPS) is 18.0. The van der Waals surface area contributed by atoms with Crippen LogP contribution in [0.5, 0.6) is 0 Å². The van der Waals surface area contributed by atoms with E-state index in [0.717, 1.165) is 25.7 Å². The van der Waals surface area contributed by atoms with Crippen molar-refractivity contribution in [3.05, 3.63) is 0 Å². The summed E-state index contributed by atoms with van der Waals surface area (Å²) in [7, 11) is 0. The van der Waals surface area contributed by atoms with Crippen molar-refractivity contribution in [3.8, 4) is 0 Å². The van der Waals surface area contributed by atoms with E-state index in [2.05, 4.69) is 10.6 Å². The van der Waals surface area contributed by atoms with Crippen molar-refractivity contribution < 1.29 is 19.5 Å². The predicted molar refractivity (Wildman–Crippen MR) is 83.2 cm³/mol. The first kappa shape index (κ1) is 18.5. The Morgan fingerprint density at radius 1 is 1.09 bits per heavy atom. The van der Waals surface area contributed by atoms with Gasteiger partial charge in [-0.3, -0.25) is 9.59 Å². The molecule has 0 heterocycles. The summed E-state index contributed by atoms with van der Waals surface area (Å²) >= 11 is 0. The minimum Gasteiger partial charge on any atom is -0.480 e. The molecular weight excluding hydrogens is 284 g/mol. The van der Waals surface area contributed by atoms with Crippen molar-refractivity contribution in [1.82, 2.24) is 10.6 Å². The Labute approximate surface area is 132 Å². The summed E-state index contributed by atoms with van der Waals surface area (Å²) in [6.45, 7) is 5.59. The van der Waals surface area contributed by atoms with E-state index in [-0.39, 0.29) is 36.1 Å². The van der Waals surface area contributed by atoms with Gasteiger partial charge in [-0.05, 0) is 32.1 Å². The molecular formula is C16H28N2O4. The van der Waals surface area contributed by atoms with E-state index < -0.39 is 12.0 Å². The van der Waals surface area contributed by atoms with Gasteiger partial charge in [-0.1, -0.05) is 26.7 Å². The Kier molecular flexibility index (Phi) is 7.35. The van der Waals surface area contributed by atoms with E-state index in [1.807, 2.05) is 13.8 Å². The Bertz CT molecular complexity index is 403. The maximum Gasteiger partial charge on any atom is 0.326 e. The zero-order valence-corrected chi connectivity index (χ0v) is 13.7. The van der Waals surface area contributed by atoms with Crippen molar-refractivity contribution in [1.29, 1.82) is 0 Å². The van der Waals surface area contributed by atoms with Gasteiger partial charge >= 0.3 is 5.97 Å². The van der Waals surface area contributed by atoms with E-state index in [1.165, 1.54) is 0 Å². The van der Waals surface area contributed by atoms with Crippen molar-refractivity contribution in [2.45, 2.75) is 71.4 Å². The number of amides is 2. The largest absolute Gasteiger partial charge is 0.480 e. The summed E-state index contributed by atoms with van der Waals surface area (Å²) in [5, 5.41) is 14.5. The van der Waals surface area contributed by atoms with Gasteiger partial charge in [0.25, 0.3) is 0 Å². The molecule has 0 radical (unpaired) electrons. The first-order valence-corrected chi connectivity index (χ1v) is 8.12. The molecule has 1 aliphatic rings. The zero-order valence-electron chi connectivity index (χ0n) is 13.7. The van der Waals surface area contributed by atoms with Gasteiger partial charge in [0, 0.05) is 18.4 Å². The van der Waals surface area contributed by atoms with Crippen LogP contribution in [0.15, 0.2) is 0 Å². The Hall–Kier alpha value is -1.59. The smallest absolute Gasteiger partial charge is 0.326 e. The lowest BCUT2D eigenvalue weighted by molar-refractivity contribution is -0.142. The number of carboxylic acid groups (broad SMARTS) is 1. The van der Waals surface area contributed by atoms with Crippen LogP contribution in [0.25, 0.3) is 0 Å². The van der Waals surface area contributed by atoms with E-state index in [9.17, 15) is 14.4 Å². The first-order chi connectivity index (χ1) is 10.3. The third kappa shape index (κ3) is 6.45. The van der Waals surface area contributed by atoms with Gasteiger partial charge in [-0.2, -0.15) is 0 Å². The molecule has 126 valence electrons. The number of carbonyl (C=O) groups is 3. The number of carboxylic acids is 1. The summed E-state index contributed by atoms with van der Waals surface area (Å²) in [5.41, 5.74) is 0. The second kappa shape index (κ2) is 8.76. The van der Waals surface area contributed by atoms with Crippen LogP contribution in [0.4, 0.5) is 0 Å². The first-order valence-electron chi connectivity index (χ1n) is 8.12. The quantitative estimate of drug-likeness (QED) is 0.635. The van der Waals surface area contributed by atoms with Gasteiger partial charge in [-0.25, -0.2) is 4.79 Å². The highest BCUT2D eigenvalue weighted by molar-refractivity contribution is 5.84. The Morgan fingerprint density at radius 2 is 1.68 bits per heavy atom. The molecule has 6 heteroatoms. The van der Waals surface area contributed by atoms with Crippen LogP contribution >= 0.6 is 0 Å². The minimum atomic E-state index is -1.02. The topological polar surface area (TPSA) is 95.5 Å². The molecule has 1 saturated carbocycles. The lowest BCUT2D eigenvalue weighted by atomic mass is 10.0. The average Bonchev–Trinajstić information content (AvgIpc) is 2.90. The number of hydrogen-bond donors (Lipinski definition) is 3. The fourth-order valence-electron chi connectivity index (χ4n) is 2.82. The van der Waals surface area contributed by atoms with Gasteiger partial charge in [0.1, 0.15) is 6.04 Å². The van der Waals surface area contributed by atoms with Crippen LogP contribution in [0.1, 0.15) is 59.3 Å². The molecule has 2 atom stereocenters. The summed E-state index contributed by atoms with van der Waals surface area (Å²) in [6.07, 6.45) is 4.50. The number of hydrogen-bond acceptors (Lipinski definition) is 3. The average molecular weight is 312 g/mol. The van der Waals surface area contributed by atoms with Crippen LogP contribution in [0.2, 0.25) is 0 Å². The molecule has 22 heavy (non-hydrogen) atoms. The molecule has 1 fully saturated rings. The number of rotatable bonds is 8. The van der Waals surface area contributed by atoms with Gasteiger partial charge < -0.3 is 15.7 Å². The molecule has 0 aliphatic heterocycles. The van der Waals surface area contributed by atoms with Crippen molar-refractivity contribution >= 4 is 17.8 Å². The monoisotopic (exact) mass is 312 g/mol. The molecule has 1 rings (SSSR count). The van der Waals surface area contributed by atoms with Gasteiger partial charge in [0.05, 0.1) is 0 Å². The van der Waals surface area contributed by atoms with Crippen molar-refractivity contribution in [3.63, 3.8) is 0 Å². The van der Waals surface area contributed by atoms with E-state index in [4.69, 9.17) is 5.11 Å². The standard InChI is InChI=1S/C16H28N2O4/c1-10(2)8-13(16(21)22)18-14(19)9-11(3)17-15(20)12-6-4-5-7-12/h10-13H,4-9H2,1-3H3,(H,17,20)(H,18,19)(H,21,22)/t11?,13-/m0/s1.